The van der Waals surface area contributed by atoms with E-state index in [0.29, 0.717) is 0 Å². The molecular formula is C15H10F14O6. The van der Waals surface area contributed by atoms with Crippen molar-refractivity contribution in [3.05, 3.63) is 12.2 Å². The van der Waals surface area contributed by atoms with Crippen LogP contribution in [0.2, 0.25) is 0 Å². The van der Waals surface area contributed by atoms with Crippen molar-refractivity contribution in [3.63, 3.8) is 0 Å². The minimum atomic E-state index is -7.02. The number of hydrogen-bond donors (Lipinski definition) is 0. The van der Waals surface area contributed by atoms with Gasteiger partial charge in [0.25, 0.3) is 0 Å². The minimum absolute atomic E-state index is 0.629. The van der Waals surface area contributed by atoms with E-state index in [4.69, 9.17) is 0 Å². The van der Waals surface area contributed by atoms with Crippen molar-refractivity contribution in [1.82, 2.24) is 0 Å². The molecular weight excluding hydrogens is 542 g/mol. The molecule has 204 valence electrons. The molecule has 0 radical (unpaired) electrons. The number of carbonyl (C=O) groups is 3. The van der Waals surface area contributed by atoms with Gasteiger partial charge < -0.3 is 14.2 Å². The van der Waals surface area contributed by atoms with E-state index in [1.807, 2.05) is 0 Å². The van der Waals surface area contributed by atoms with Crippen molar-refractivity contribution < 1.29 is 90.1 Å². The van der Waals surface area contributed by atoms with Gasteiger partial charge in [0.1, 0.15) is 13.2 Å². The lowest BCUT2D eigenvalue weighted by atomic mass is 10.1. The highest BCUT2D eigenvalue weighted by atomic mass is 19.4. The molecule has 0 aromatic heterocycles. The van der Waals surface area contributed by atoms with Gasteiger partial charge >= 0.3 is 54.0 Å². The van der Waals surface area contributed by atoms with Crippen LogP contribution in [0.15, 0.2) is 12.2 Å². The van der Waals surface area contributed by atoms with Gasteiger partial charge in [0.15, 0.2) is 6.10 Å². The highest BCUT2D eigenvalue weighted by Crippen LogP contribution is 2.48. The molecule has 0 saturated heterocycles. The molecule has 0 rings (SSSR count). The van der Waals surface area contributed by atoms with Crippen LogP contribution in [-0.4, -0.2) is 73.3 Å². The number of esters is 3. The third-order valence-corrected chi connectivity index (χ3v) is 3.44. The van der Waals surface area contributed by atoms with E-state index in [-0.39, 0.29) is 0 Å². The monoisotopic (exact) mass is 552 g/mol. The van der Waals surface area contributed by atoms with Gasteiger partial charge in [-0.2, -0.15) is 61.5 Å². The molecule has 0 aliphatic carbocycles. The van der Waals surface area contributed by atoms with Gasteiger partial charge in [-0.05, 0) is 6.92 Å². The summed E-state index contributed by atoms with van der Waals surface area (Å²) in [6.45, 7) is -0.361. The minimum Gasteiger partial charge on any atom is -0.457 e. The SMILES string of the molecule is C=C(C)C(=O)OC(COC(=O)C(F)(F)C(F)(F)C(F)(F)F)COC(=O)C(F)(F)C(F)(F)C(F)(F)F. The molecule has 0 saturated carbocycles. The van der Waals surface area contributed by atoms with Gasteiger partial charge in [0.2, 0.25) is 0 Å². The number of halogens is 14. The fourth-order valence-electron chi connectivity index (χ4n) is 1.50. The molecule has 0 heterocycles. The number of carbonyl (C=O) groups excluding carboxylic acids is 3. The maximum absolute atomic E-state index is 13.2. The number of alkyl halides is 14. The van der Waals surface area contributed by atoms with E-state index < -0.39 is 78.8 Å². The second-order valence-electron chi connectivity index (χ2n) is 6.30. The van der Waals surface area contributed by atoms with Crippen molar-refractivity contribution >= 4 is 17.9 Å². The predicted molar refractivity (Wildman–Crippen MR) is 78.5 cm³/mol. The molecule has 0 fully saturated rings. The summed E-state index contributed by atoms with van der Waals surface area (Å²) in [6.07, 6.45) is -16.7. The van der Waals surface area contributed by atoms with Gasteiger partial charge in [0, 0.05) is 5.57 Å². The molecule has 20 heteroatoms. The van der Waals surface area contributed by atoms with Crippen LogP contribution < -0.4 is 0 Å². The van der Waals surface area contributed by atoms with Gasteiger partial charge in [-0.15, -0.1) is 0 Å². The molecule has 0 spiro atoms. The maximum atomic E-state index is 13.2. The van der Waals surface area contributed by atoms with Gasteiger partial charge in [0.05, 0.1) is 0 Å². The molecule has 0 unspecified atom stereocenters. The third-order valence-electron chi connectivity index (χ3n) is 3.44. The fraction of sp³-hybridized carbons (Fsp3) is 0.667. The second kappa shape index (κ2) is 10.0. The van der Waals surface area contributed by atoms with Crippen LogP contribution in [0.3, 0.4) is 0 Å². The first-order valence-electron chi connectivity index (χ1n) is 8.10. The summed E-state index contributed by atoms with van der Waals surface area (Å²) in [6, 6.07) is 0. The molecule has 0 aromatic carbocycles. The smallest absolute Gasteiger partial charge is 0.457 e. The molecule has 0 aliphatic rings. The van der Waals surface area contributed by atoms with Gasteiger partial charge in [-0.1, -0.05) is 6.58 Å². The molecule has 0 aliphatic heterocycles. The van der Waals surface area contributed by atoms with Gasteiger partial charge in [-0.3, -0.25) is 0 Å². The van der Waals surface area contributed by atoms with Crippen LogP contribution >= 0.6 is 0 Å². The summed E-state index contributed by atoms with van der Waals surface area (Å²) in [5.74, 6) is -36.2. The lowest BCUT2D eigenvalue weighted by Crippen LogP contribution is -2.57. The Labute approximate surface area is 183 Å². The van der Waals surface area contributed by atoms with Crippen LogP contribution in [0.4, 0.5) is 61.5 Å². The fourth-order valence-corrected chi connectivity index (χ4v) is 1.50. The van der Waals surface area contributed by atoms with Crippen LogP contribution in [0.5, 0.6) is 0 Å². The van der Waals surface area contributed by atoms with E-state index in [1.165, 1.54) is 0 Å². The Morgan fingerprint density at radius 1 is 0.657 bits per heavy atom. The standard InChI is InChI=1S/C15H10F14O6/c1-5(2)7(30)35-6(3-33-8(31)10(16,17)12(20,21)14(24,25)26)4-34-9(32)11(18,19)13(22,23)15(27,28)29/h6H,1,3-4H2,2H3. The van der Waals surface area contributed by atoms with E-state index in [0.717, 1.165) is 6.92 Å². The first-order valence-corrected chi connectivity index (χ1v) is 8.10. The Morgan fingerprint density at radius 3 is 1.17 bits per heavy atom. The molecule has 0 amide bonds. The first-order chi connectivity index (χ1) is 15.2. The topological polar surface area (TPSA) is 78.9 Å². The predicted octanol–water partition coefficient (Wildman–Crippen LogP) is 4.23. The summed E-state index contributed by atoms with van der Waals surface area (Å²) in [5, 5.41) is 0. The van der Waals surface area contributed by atoms with Crippen molar-refractivity contribution in [1.29, 1.82) is 0 Å². The van der Waals surface area contributed by atoms with Crippen LogP contribution in [-0.2, 0) is 28.6 Å². The zero-order valence-corrected chi connectivity index (χ0v) is 16.4. The second-order valence-corrected chi connectivity index (χ2v) is 6.30. The van der Waals surface area contributed by atoms with E-state index in [9.17, 15) is 75.8 Å². The Kier molecular flexibility index (Phi) is 9.22. The highest BCUT2D eigenvalue weighted by molar-refractivity contribution is 5.87. The Morgan fingerprint density at radius 2 is 0.943 bits per heavy atom. The molecule has 0 aromatic rings. The normalized spacial score (nSPS) is 13.9. The average molecular weight is 552 g/mol. The summed E-state index contributed by atoms with van der Waals surface area (Å²) in [7, 11) is 0. The first kappa shape index (κ1) is 32.2. The van der Waals surface area contributed by atoms with Crippen LogP contribution in [0.1, 0.15) is 6.92 Å². The zero-order valence-electron chi connectivity index (χ0n) is 16.4. The molecule has 6 nitrogen and oxygen atoms in total. The number of rotatable bonds is 10. The van der Waals surface area contributed by atoms with Crippen molar-refractivity contribution in [2.24, 2.45) is 0 Å². The van der Waals surface area contributed by atoms with Crippen molar-refractivity contribution in [3.8, 4) is 0 Å². The van der Waals surface area contributed by atoms with Crippen LogP contribution in [0, 0.1) is 0 Å². The molecule has 0 N–H and O–H groups in total. The molecule has 0 atom stereocenters. The largest absolute Gasteiger partial charge is 0.460 e. The summed E-state index contributed by atoms with van der Waals surface area (Å²) >= 11 is 0. The zero-order chi connectivity index (χ0) is 28.4. The van der Waals surface area contributed by atoms with Crippen LogP contribution in [0.25, 0.3) is 0 Å². The lowest BCUT2D eigenvalue weighted by Gasteiger charge is -2.28. The summed E-state index contributed by atoms with van der Waals surface area (Å²) in [5.41, 5.74) is -0.629. The summed E-state index contributed by atoms with van der Waals surface area (Å²) in [4.78, 5) is 33.5. The highest BCUT2D eigenvalue weighted by Gasteiger charge is 2.78. The van der Waals surface area contributed by atoms with E-state index in [1.54, 1.807) is 0 Å². The molecule has 0 bridgehead atoms. The number of hydrogen-bond acceptors (Lipinski definition) is 6. The van der Waals surface area contributed by atoms with Crippen molar-refractivity contribution in [2.75, 3.05) is 13.2 Å². The maximum Gasteiger partial charge on any atom is 0.460 e. The lowest BCUT2D eigenvalue weighted by molar-refractivity contribution is -0.349. The Bertz CT molecular complexity index is 775. The average Bonchev–Trinajstić information content (AvgIpc) is 2.66. The van der Waals surface area contributed by atoms with Crippen molar-refractivity contribution in [2.45, 2.75) is 49.1 Å². The van der Waals surface area contributed by atoms with E-state index >= 15 is 0 Å². The van der Waals surface area contributed by atoms with Gasteiger partial charge in [-0.25, -0.2) is 14.4 Å². The van der Waals surface area contributed by atoms with E-state index in [2.05, 4.69) is 20.8 Å². The third kappa shape index (κ3) is 6.65. The molecule has 35 heavy (non-hydrogen) atoms. The Hall–Kier alpha value is -2.83. The number of ether oxygens (including phenoxy) is 3. The summed E-state index contributed by atoms with van der Waals surface area (Å²) < 4.78 is 187. The quantitative estimate of drug-likeness (QED) is 0.175. The Balaban J connectivity index is 5.66.